The van der Waals surface area contributed by atoms with Crippen LogP contribution in [0.1, 0.15) is 25.7 Å². The fraction of sp³-hybridized carbons (Fsp3) is 0.933. The van der Waals surface area contributed by atoms with Crippen LogP contribution in [0.25, 0.3) is 0 Å². The summed E-state index contributed by atoms with van der Waals surface area (Å²) in [5.74, 6) is 1.10. The monoisotopic (exact) mass is 353 g/mol. The van der Waals surface area contributed by atoms with Crippen molar-refractivity contribution >= 4 is 30.7 Å². The molecule has 0 aromatic rings. The predicted octanol–water partition coefficient (Wildman–Crippen LogP) is 1.15. The molecule has 3 aliphatic rings. The van der Waals surface area contributed by atoms with Crippen molar-refractivity contribution in [3.05, 3.63) is 0 Å². The standard InChI is InChI=1S/C15H27N3O2.2ClH/c19-15(14-2-1-5-16-14)18-6-3-13(4-7-18)12-17-8-10-20-11-9-17;;/h13-14,16H,1-12H2;2*1H/t14-;;/m0../s1. The van der Waals surface area contributed by atoms with Crippen LogP contribution < -0.4 is 5.32 Å². The average Bonchev–Trinajstić information content (AvgIpc) is 3.03. The Morgan fingerprint density at radius 3 is 2.32 bits per heavy atom. The van der Waals surface area contributed by atoms with Gasteiger partial charge in [0.15, 0.2) is 0 Å². The number of nitrogens with one attached hydrogen (secondary N) is 1. The molecule has 5 nitrogen and oxygen atoms in total. The van der Waals surface area contributed by atoms with Crippen molar-refractivity contribution in [3.63, 3.8) is 0 Å². The zero-order valence-corrected chi connectivity index (χ0v) is 14.8. The van der Waals surface area contributed by atoms with Gasteiger partial charge >= 0.3 is 0 Å². The second-order valence-corrected chi connectivity index (χ2v) is 6.33. The largest absolute Gasteiger partial charge is 0.379 e. The van der Waals surface area contributed by atoms with E-state index in [1.165, 1.54) is 6.54 Å². The van der Waals surface area contributed by atoms with Gasteiger partial charge in [-0.25, -0.2) is 0 Å². The van der Waals surface area contributed by atoms with E-state index in [1.54, 1.807) is 0 Å². The Kier molecular flexibility index (Phi) is 9.02. The Labute approximate surface area is 145 Å². The first-order valence-electron chi connectivity index (χ1n) is 8.15. The Hall–Kier alpha value is -0.0700. The Morgan fingerprint density at radius 1 is 1.05 bits per heavy atom. The lowest BCUT2D eigenvalue weighted by molar-refractivity contribution is -0.134. The van der Waals surface area contributed by atoms with Crippen molar-refractivity contribution in [2.75, 3.05) is 52.5 Å². The van der Waals surface area contributed by atoms with Crippen LogP contribution in [-0.4, -0.2) is 74.2 Å². The van der Waals surface area contributed by atoms with Gasteiger partial charge in [0.2, 0.25) is 5.91 Å². The first kappa shape index (κ1) is 20.0. The minimum atomic E-state index is 0. The highest BCUT2D eigenvalue weighted by atomic mass is 35.5. The van der Waals surface area contributed by atoms with E-state index in [1.807, 2.05) is 0 Å². The minimum absolute atomic E-state index is 0. The number of hydrogen-bond donors (Lipinski definition) is 1. The summed E-state index contributed by atoms with van der Waals surface area (Å²) in [6, 6.07) is 0.103. The molecule has 0 spiro atoms. The lowest BCUT2D eigenvalue weighted by atomic mass is 9.95. The van der Waals surface area contributed by atoms with Gasteiger partial charge in [-0.15, -0.1) is 24.8 Å². The molecule has 7 heteroatoms. The highest BCUT2D eigenvalue weighted by molar-refractivity contribution is 5.85. The highest BCUT2D eigenvalue weighted by Gasteiger charge is 2.30. The van der Waals surface area contributed by atoms with E-state index < -0.39 is 0 Å². The van der Waals surface area contributed by atoms with E-state index in [0.717, 1.165) is 77.5 Å². The quantitative estimate of drug-likeness (QED) is 0.826. The topological polar surface area (TPSA) is 44.8 Å². The fourth-order valence-corrected chi connectivity index (χ4v) is 3.60. The molecular weight excluding hydrogens is 325 g/mol. The molecule has 1 amide bonds. The van der Waals surface area contributed by atoms with Crippen LogP contribution in [0.15, 0.2) is 0 Å². The zero-order chi connectivity index (χ0) is 13.8. The van der Waals surface area contributed by atoms with Gasteiger partial charge in [0.25, 0.3) is 0 Å². The SMILES string of the molecule is Cl.Cl.O=C([C@@H]1CCCN1)N1CCC(CN2CCOCC2)CC1. The lowest BCUT2D eigenvalue weighted by Gasteiger charge is -2.36. The third-order valence-electron chi connectivity index (χ3n) is 4.90. The maximum atomic E-state index is 12.3. The molecule has 3 aliphatic heterocycles. The van der Waals surface area contributed by atoms with Crippen molar-refractivity contribution in [3.8, 4) is 0 Å². The van der Waals surface area contributed by atoms with Crippen molar-refractivity contribution in [1.29, 1.82) is 0 Å². The number of morpholine rings is 1. The van der Waals surface area contributed by atoms with Crippen LogP contribution in [0.5, 0.6) is 0 Å². The number of carbonyl (C=O) groups is 1. The first-order chi connectivity index (χ1) is 9.83. The van der Waals surface area contributed by atoms with Crippen LogP contribution in [0.3, 0.4) is 0 Å². The van der Waals surface area contributed by atoms with Crippen LogP contribution >= 0.6 is 24.8 Å². The summed E-state index contributed by atoms with van der Waals surface area (Å²) < 4.78 is 5.39. The van der Waals surface area contributed by atoms with E-state index in [2.05, 4.69) is 15.1 Å². The van der Waals surface area contributed by atoms with Crippen molar-refractivity contribution in [2.45, 2.75) is 31.7 Å². The molecule has 0 saturated carbocycles. The minimum Gasteiger partial charge on any atom is -0.379 e. The average molecular weight is 354 g/mol. The fourth-order valence-electron chi connectivity index (χ4n) is 3.60. The summed E-state index contributed by atoms with van der Waals surface area (Å²) in [5, 5.41) is 3.32. The van der Waals surface area contributed by atoms with E-state index in [4.69, 9.17) is 4.74 Å². The number of nitrogens with zero attached hydrogens (tertiary/aromatic N) is 2. The van der Waals surface area contributed by atoms with E-state index in [0.29, 0.717) is 5.91 Å². The molecule has 3 saturated heterocycles. The molecule has 1 atom stereocenters. The van der Waals surface area contributed by atoms with E-state index >= 15 is 0 Å². The number of rotatable bonds is 3. The van der Waals surface area contributed by atoms with Gasteiger partial charge in [0.05, 0.1) is 19.3 Å². The van der Waals surface area contributed by atoms with Crippen LogP contribution in [0.4, 0.5) is 0 Å². The van der Waals surface area contributed by atoms with Gasteiger partial charge in [-0.3, -0.25) is 9.69 Å². The van der Waals surface area contributed by atoms with Crippen molar-refractivity contribution in [2.24, 2.45) is 5.92 Å². The maximum Gasteiger partial charge on any atom is 0.239 e. The molecule has 0 aromatic heterocycles. The Bertz CT molecular complexity index is 327. The highest BCUT2D eigenvalue weighted by Crippen LogP contribution is 2.20. The number of piperidine rings is 1. The summed E-state index contributed by atoms with van der Waals surface area (Å²) >= 11 is 0. The molecule has 1 N–H and O–H groups in total. The summed E-state index contributed by atoms with van der Waals surface area (Å²) in [6.07, 6.45) is 4.49. The summed E-state index contributed by atoms with van der Waals surface area (Å²) in [5.41, 5.74) is 0. The molecular formula is C15H29Cl2N3O2. The molecule has 3 heterocycles. The van der Waals surface area contributed by atoms with Crippen LogP contribution in [0.2, 0.25) is 0 Å². The van der Waals surface area contributed by atoms with Gasteiger partial charge < -0.3 is 15.0 Å². The van der Waals surface area contributed by atoms with Crippen molar-refractivity contribution in [1.82, 2.24) is 15.1 Å². The van der Waals surface area contributed by atoms with E-state index in [9.17, 15) is 4.79 Å². The van der Waals surface area contributed by atoms with Gasteiger partial charge in [-0.05, 0) is 38.1 Å². The third kappa shape index (κ3) is 5.24. The van der Waals surface area contributed by atoms with Gasteiger partial charge in [-0.1, -0.05) is 0 Å². The normalized spacial score (nSPS) is 27.1. The van der Waals surface area contributed by atoms with Crippen LogP contribution in [0, 0.1) is 5.92 Å². The molecule has 22 heavy (non-hydrogen) atoms. The van der Waals surface area contributed by atoms with Gasteiger partial charge in [-0.2, -0.15) is 0 Å². The molecule has 130 valence electrons. The van der Waals surface area contributed by atoms with Gasteiger partial charge in [0.1, 0.15) is 0 Å². The maximum absolute atomic E-state index is 12.3. The molecule has 3 fully saturated rings. The Morgan fingerprint density at radius 2 is 1.73 bits per heavy atom. The molecule has 0 aliphatic carbocycles. The number of hydrogen-bond acceptors (Lipinski definition) is 4. The number of halogens is 2. The molecule has 0 radical (unpaired) electrons. The second kappa shape index (κ2) is 9.93. The second-order valence-electron chi connectivity index (χ2n) is 6.33. The number of amides is 1. The van der Waals surface area contributed by atoms with Gasteiger partial charge in [0, 0.05) is 32.7 Å². The predicted molar refractivity (Wildman–Crippen MR) is 92.1 cm³/mol. The zero-order valence-electron chi connectivity index (χ0n) is 13.2. The smallest absolute Gasteiger partial charge is 0.239 e. The molecule has 0 unspecified atom stereocenters. The lowest BCUT2D eigenvalue weighted by Crippen LogP contribution is -2.48. The summed E-state index contributed by atoms with van der Waals surface area (Å²) in [4.78, 5) is 16.9. The summed E-state index contributed by atoms with van der Waals surface area (Å²) in [7, 11) is 0. The number of carbonyl (C=O) groups excluding carboxylic acids is 1. The van der Waals surface area contributed by atoms with E-state index in [-0.39, 0.29) is 30.9 Å². The first-order valence-corrected chi connectivity index (χ1v) is 8.15. The number of ether oxygens (including phenoxy) is 1. The molecule has 0 aromatic carbocycles. The van der Waals surface area contributed by atoms with Crippen LogP contribution in [-0.2, 0) is 9.53 Å². The Balaban J connectivity index is 0.00000121. The summed E-state index contributed by atoms with van der Waals surface area (Å²) in [6.45, 7) is 8.00. The molecule has 0 bridgehead atoms. The molecule has 3 rings (SSSR count). The third-order valence-corrected chi connectivity index (χ3v) is 4.90. The van der Waals surface area contributed by atoms with Crippen molar-refractivity contribution < 1.29 is 9.53 Å². The number of likely N-dealkylation sites (tertiary alicyclic amines) is 1.